The largest absolute Gasteiger partial charge is 0.467 e. The van der Waals surface area contributed by atoms with Crippen LogP contribution in [0.3, 0.4) is 0 Å². The molecule has 6 nitrogen and oxygen atoms in total. The third kappa shape index (κ3) is 3.26. The molecule has 6 heteroatoms. The van der Waals surface area contributed by atoms with Gasteiger partial charge in [0.2, 0.25) is 0 Å². The number of fused-ring (bicyclic) bond motifs is 1. The van der Waals surface area contributed by atoms with Crippen molar-refractivity contribution < 1.29 is 18.7 Å². The molecule has 0 bridgehead atoms. The molecular formula is C22H22N2O4. The second kappa shape index (κ2) is 7.46. The number of ether oxygens (including phenoxy) is 1. The maximum atomic E-state index is 13.3. The van der Waals surface area contributed by atoms with Crippen LogP contribution in [0.4, 0.5) is 0 Å². The second-order valence-corrected chi connectivity index (χ2v) is 7.14. The number of hydrogen-bond donors (Lipinski definition) is 1. The number of rotatable bonds is 4. The number of carbonyl (C=O) groups excluding carboxylic acids is 2. The molecule has 144 valence electrons. The van der Waals surface area contributed by atoms with Crippen molar-refractivity contribution in [1.29, 1.82) is 0 Å². The molecule has 0 unspecified atom stereocenters. The van der Waals surface area contributed by atoms with Crippen molar-refractivity contribution in [3.05, 3.63) is 54.3 Å². The Morgan fingerprint density at radius 1 is 1.11 bits per heavy atom. The highest BCUT2D eigenvalue weighted by Crippen LogP contribution is 2.31. The van der Waals surface area contributed by atoms with E-state index in [-0.39, 0.29) is 11.9 Å². The molecule has 1 aromatic carbocycles. The van der Waals surface area contributed by atoms with Crippen molar-refractivity contribution in [3.63, 3.8) is 0 Å². The predicted molar refractivity (Wildman–Crippen MR) is 105 cm³/mol. The molecule has 0 radical (unpaired) electrons. The lowest BCUT2D eigenvalue weighted by Gasteiger charge is -2.35. The van der Waals surface area contributed by atoms with Crippen LogP contribution in [0.1, 0.15) is 42.5 Å². The Labute approximate surface area is 162 Å². The van der Waals surface area contributed by atoms with Gasteiger partial charge in [-0.3, -0.25) is 4.79 Å². The number of methoxy groups -OCH3 is 1. The van der Waals surface area contributed by atoms with Gasteiger partial charge in [0.25, 0.3) is 5.91 Å². The fraction of sp³-hybridized carbons (Fsp3) is 0.318. The van der Waals surface area contributed by atoms with Gasteiger partial charge in [0, 0.05) is 5.39 Å². The van der Waals surface area contributed by atoms with Crippen LogP contribution < -0.4 is 5.32 Å². The smallest absolute Gasteiger partial charge is 0.331 e. The molecule has 1 N–H and O–H groups in total. The minimum Gasteiger partial charge on any atom is -0.467 e. The Morgan fingerprint density at radius 2 is 1.89 bits per heavy atom. The van der Waals surface area contributed by atoms with Crippen LogP contribution in [0.5, 0.6) is 0 Å². The number of nitrogens with one attached hydrogen (secondary N) is 1. The van der Waals surface area contributed by atoms with Gasteiger partial charge in [-0.25, -0.2) is 9.78 Å². The second-order valence-electron chi connectivity index (χ2n) is 7.14. The number of nitrogens with zero attached hydrogens (tertiary/aromatic N) is 1. The molecule has 4 rings (SSSR count). The summed E-state index contributed by atoms with van der Waals surface area (Å²) in [6.07, 6.45) is 5.54. The lowest BCUT2D eigenvalue weighted by atomic mass is 9.81. The van der Waals surface area contributed by atoms with Crippen LogP contribution in [-0.4, -0.2) is 29.5 Å². The lowest BCUT2D eigenvalue weighted by molar-refractivity contribution is -0.149. The Hall–Kier alpha value is -3.15. The number of pyridine rings is 1. The third-order valence-electron chi connectivity index (χ3n) is 5.37. The van der Waals surface area contributed by atoms with Crippen molar-refractivity contribution in [2.24, 2.45) is 0 Å². The standard InChI is InChI=1S/C22H22N2O4/c1-27-21(26)22(11-5-2-6-12-22)24-20(25)16-14-18(19-10-7-13-28-19)23-17-9-4-3-8-15(16)17/h3-4,7-10,13-14H,2,5-6,11-12H2,1H3,(H,24,25). The van der Waals surface area contributed by atoms with E-state index in [1.54, 1.807) is 24.5 Å². The summed E-state index contributed by atoms with van der Waals surface area (Å²) in [4.78, 5) is 30.4. The van der Waals surface area contributed by atoms with Crippen LogP contribution in [0, 0.1) is 0 Å². The normalized spacial score (nSPS) is 15.9. The van der Waals surface area contributed by atoms with E-state index in [1.807, 2.05) is 24.3 Å². The van der Waals surface area contributed by atoms with E-state index in [4.69, 9.17) is 9.15 Å². The Morgan fingerprint density at radius 3 is 2.61 bits per heavy atom. The average Bonchev–Trinajstić information content (AvgIpc) is 3.28. The molecule has 1 aliphatic carbocycles. The highest BCUT2D eigenvalue weighted by molar-refractivity contribution is 6.08. The Balaban J connectivity index is 1.77. The van der Waals surface area contributed by atoms with Gasteiger partial charge in [-0.1, -0.05) is 37.5 Å². The van der Waals surface area contributed by atoms with Gasteiger partial charge in [0.15, 0.2) is 5.76 Å². The summed E-state index contributed by atoms with van der Waals surface area (Å²) in [6.45, 7) is 0. The number of para-hydroxylation sites is 1. The number of amides is 1. The van der Waals surface area contributed by atoms with Crippen LogP contribution >= 0.6 is 0 Å². The summed E-state index contributed by atoms with van der Waals surface area (Å²) in [5.41, 5.74) is 0.757. The zero-order chi connectivity index (χ0) is 19.6. The topological polar surface area (TPSA) is 81.4 Å². The van der Waals surface area contributed by atoms with Crippen LogP contribution in [0.15, 0.2) is 53.1 Å². The van der Waals surface area contributed by atoms with E-state index in [0.29, 0.717) is 35.4 Å². The minimum absolute atomic E-state index is 0.307. The monoisotopic (exact) mass is 378 g/mol. The van der Waals surface area contributed by atoms with Crippen LogP contribution in [0.2, 0.25) is 0 Å². The van der Waals surface area contributed by atoms with Crippen LogP contribution in [-0.2, 0) is 9.53 Å². The molecule has 2 aromatic heterocycles. The summed E-state index contributed by atoms with van der Waals surface area (Å²) in [5.74, 6) is -0.107. The number of hydrogen-bond acceptors (Lipinski definition) is 5. The van der Waals surface area contributed by atoms with Crippen molar-refractivity contribution in [2.45, 2.75) is 37.6 Å². The molecule has 0 atom stereocenters. The summed E-state index contributed by atoms with van der Waals surface area (Å²) in [7, 11) is 1.36. The SMILES string of the molecule is COC(=O)C1(NC(=O)c2cc(-c3ccco3)nc3ccccc23)CCCCC1. The fourth-order valence-corrected chi connectivity index (χ4v) is 3.93. The number of carbonyl (C=O) groups is 2. The molecule has 1 saturated carbocycles. The number of esters is 1. The van der Waals surface area contributed by atoms with Gasteiger partial charge in [-0.2, -0.15) is 0 Å². The highest BCUT2D eigenvalue weighted by atomic mass is 16.5. The lowest BCUT2D eigenvalue weighted by Crippen LogP contribution is -2.56. The quantitative estimate of drug-likeness (QED) is 0.691. The first kappa shape index (κ1) is 18.2. The van der Waals surface area contributed by atoms with Crippen molar-refractivity contribution >= 4 is 22.8 Å². The predicted octanol–water partition coefficient (Wildman–Crippen LogP) is 4.10. The van der Waals surface area contributed by atoms with E-state index >= 15 is 0 Å². The Kier molecular flexibility index (Phi) is 4.86. The van der Waals surface area contributed by atoms with Gasteiger partial charge in [-0.15, -0.1) is 0 Å². The molecule has 0 spiro atoms. The zero-order valence-electron chi connectivity index (χ0n) is 15.7. The summed E-state index contributed by atoms with van der Waals surface area (Å²) in [5, 5.41) is 3.72. The van der Waals surface area contributed by atoms with E-state index in [1.165, 1.54) is 7.11 Å². The molecule has 1 aliphatic rings. The number of aromatic nitrogens is 1. The van der Waals surface area contributed by atoms with E-state index in [2.05, 4.69) is 10.3 Å². The maximum Gasteiger partial charge on any atom is 0.331 e. The average molecular weight is 378 g/mol. The molecule has 1 fully saturated rings. The van der Waals surface area contributed by atoms with Crippen molar-refractivity contribution in [2.75, 3.05) is 7.11 Å². The van der Waals surface area contributed by atoms with Crippen molar-refractivity contribution in [1.82, 2.24) is 10.3 Å². The fourth-order valence-electron chi connectivity index (χ4n) is 3.93. The number of benzene rings is 1. The first-order valence-electron chi connectivity index (χ1n) is 9.47. The molecular weight excluding hydrogens is 356 g/mol. The minimum atomic E-state index is -0.973. The summed E-state index contributed by atoms with van der Waals surface area (Å²) >= 11 is 0. The van der Waals surface area contributed by atoms with E-state index in [0.717, 1.165) is 24.6 Å². The molecule has 1 amide bonds. The highest BCUT2D eigenvalue weighted by Gasteiger charge is 2.42. The zero-order valence-corrected chi connectivity index (χ0v) is 15.7. The first-order chi connectivity index (χ1) is 13.6. The third-order valence-corrected chi connectivity index (χ3v) is 5.37. The molecule has 28 heavy (non-hydrogen) atoms. The summed E-state index contributed by atoms with van der Waals surface area (Å²) < 4.78 is 10.5. The maximum absolute atomic E-state index is 13.3. The van der Waals surface area contributed by atoms with Gasteiger partial charge >= 0.3 is 5.97 Å². The van der Waals surface area contributed by atoms with Crippen LogP contribution in [0.25, 0.3) is 22.4 Å². The first-order valence-corrected chi connectivity index (χ1v) is 9.47. The Bertz CT molecular complexity index is 1000. The van der Waals surface area contributed by atoms with Gasteiger partial charge in [-0.05, 0) is 37.1 Å². The van der Waals surface area contributed by atoms with E-state index < -0.39 is 5.54 Å². The van der Waals surface area contributed by atoms with Gasteiger partial charge < -0.3 is 14.5 Å². The van der Waals surface area contributed by atoms with Crippen molar-refractivity contribution in [3.8, 4) is 11.5 Å². The van der Waals surface area contributed by atoms with E-state index in [9.17, 15) is 9.59 Å². The molecule has 0 saturated heterocycles. The van der Waals surface area contributed by atoms with Gasteiger partial charge in [0.1, 0.15) is 11.2 Å². The molecule has 2 heterocycles. The molecule has 3 aromatic rings. The number of furan rings is 1. The van der Waals surface area contributed by atoms with Gasteiger partial charge in [0.05, 0.1) is 24.5 Å². The summed E-state index contributed by atoms with van der Waals surface area (Å²) in [6, 6.07) is 12.7. The molecule has 0 aliphatic heterocycles.